The fourth-order valence-corrected chi connectivity index (χ4v) is 4.82. The minimum Gasteiger partial charge on any atom is -0.383 e. The third-order valence-corrected chi connectivity index (χ3v) is 7.17. The Morgan fingerprint density at radius 1 is 0.619 bits per heavy atom. The van der Waals surface area contributed by atoms with Crippen LogP contribution in [0.2, 0.25) is 0 Å². The largest absolute Gasteiger partial charge is 0.383 e. The SMILES string of the molecule is NCCCC[C@H](N)C(=O)NCCNc1ccc(NCCNC(=O)[C@@H](N)CCCCN)c2c1C(=O)c1ccccc1C2=O. The maximum absolute atomic E-state index is 13.6. The molecule has 0 radical (unpaired) electrons. The molecule has 0 aliphatic heterocycles. The first kappa shape index (κ1) is 32.7. The number of nitrogens with two attached hydrogens (primary N) is 4. The van der Waals surface area contributed by atoms with Crippen molar-refractivity contribution >= 4 is 34.8 Å². The number of benzene rings is 2. The molecule has 0 spiro atoms. The fraction of sp³-hybridized carbons (Fsp3) is 0.467. The summed E-state index contributed by atoms with van der Waals surface area (Å²) in [5.74, 6) is -1.04. The number of anilines is 2. The summed E-state index contributed by atoms with van der Waals surface area (Å²) in [6.45, 7) is 2.33. The van der Waals surface area contributed by atoms with E-state index in [4.69, 9.17) is 22.9 Å². The lowest BCUT2D eigenvalue weighted by Crippen LogP contribution is -2.42. The summed E-state index contributed by atoms with van der Waals surface area (Å²) < 4.78 is 0. The third-order valence-electron chi connectivity index (χ3n) is 7.17. The van der Waals surface area contributed by atoms with Gasteiger partial charge < -0.3 is 44.2 Å². The molecule has 42 heavy (non-hydrogen) atoms. The van der Waals surface area contributed by atoms with Crippen molar-refractivity contribution < 1.29 is 19.2 Å². The van der Waals surface area contributed by atoms with Crippen LogP contribution in [0.1, 0.15) is 70.4 Å². The Kier molecular flexibility index (Phi) is 12.9. The van der Waals surface area contributed by atoms with E-state index in [9.17, 15) is 19.2 Å². The molecule has 12 N–H and O–H groups in total. The van der Waals surface area contributed by atoms with E-state index < -0.39 is 12.1 Å². The number of hydrogen-bond donors (Lipinski definition) is 8. The van der Waals surface area contributed by atoms with Crippen LogP contribution in [0.3, 0.4) is 0 Å². The van der Waals surface area contributed by atoms with Crippen LogP contribution >= 0.6 is 0 Å². The highest BCUT2D eigenvalue weighted by molar-refractivity contribution is 6.31. The van der Waals surface area contributed by atoms with Crippen molar-refractivity contribution in [3.05, 3.63) is 58.7 Å². The van der Waals surface area contributed by atoms with E-state index in [0.29, 0.717) is 61.5 Å². The number of unbranched alkanes of at least 4 members (excludes halogenated alkanes) is 2. The third kappa shape index (κ3) is 8.58. The van der Waals surface area contributed by atoms with Crippen LogP contribution in [-0.4, -0.2) is 74.7 Å². The summed E-state index contributed by atoms with van der Waals surface area (Å²) in [6, 6.07) is 8.96. The molecular weight excluding hydrogens is 536 g/mol. The van der Waals surface area contributed by atoms with E-state index in [2.05, 4.69) is 21.3 Å². The first-order chi connectivity index (χ1) is 20.3. The molecule has 2 aromatic carbocycles. The molecule has 2 aromatic rings. The minimum atomic E-state index is -0.609. The van der Waals surface area contributed by atoms with E-state index in [0.717, 1.165) is 25.7 Å². The average molecular weight is 581 g/mol. The zero-order chi connectivity index (χ0) is 30.5. The van der Waals surface area contributed by atoms with Gasteiger partial charge in [0, 0.05) is 48.7 Å². The standard InChI is InChI=1S/C30H44N8O4/c31-13-5-3-9-21(33)29(41)37-17-15-35-23-11-12-24(36-16-18-38-30(42)22(34)10-4-6-14-32)26-25(23)27(39)19-7-1-2-8-20(19)28(26)40/h1-2,7-8,11-12,21-22,35-36H,3-6,9-10,13-18,31-34H2,(H,37,41)(H,38,42)/t21-,22-/m0/s1. The van der Waals surface area contributed by atoms with Gasteiger partial charge in [-0.1, -0.05) is 37.1 Å². The van der Waals surface area contributed by atoms with Crippen molar-refractivity contribution in [3.63, 3.8) is 0 Å². The topological polar surface area (TPSA) is 220 Å². The Morgan fingerprint density at radius 3 is 1.40 bits per heavy atom. The molecule has 3 rings (SSSR count). The zero-order valence-corrected chi connectivity index (χ0v) is 24.0. The zero-order valence-electron chi connectivity index (χ0n) is 24.0. The van der Waals surface area contributed by atoms with Crippen molar-refractivity contribution in [3.8, 4) is 0 Å². The lowest BCUT2D eigenvalue weighted by atomic mass is 9.82. The van der Waals surface area contributed by atoms with Crippen LogP contribution in [0.5, 0.6) is 0 Å². The highest BCUT2D eigenvalue weighted by Gasteiger charge is 2.33. The van der Waals surface area contributed by atoms with Crippen LogP contribution < -0.4 is 44.2 Å². The van der Waals surface area contributed by atoms with E-state index >= 15 is 0 Å². The van der Waals surface area contributed by atoms with Gasteiger partial charge in [-0.15, -0.1) is 0 Å². The Balaban J connectivity index is 1.67. The predicted molar refractivity (Wildman–Crippen MR) is 165 cm³/mol. The van der Waals surface area contributed by atoms with Gasteiger partial charge in [0.1, 0.15) is 0 Å². The van der Waals surface area contributed by atoms with E-state index in [1.165, 1.54) is 0 Å². The van der Waals surface area contributed by atoms with Crippen molar-refractivity contribution in [2.24, 2.45) is 22.9 Å². The molecule has 2 amide bonds. The second kappa shape index (κ2) is 16.6. The average Bonchev–Trinajstić information content (AvgIpc) is 3.00. The Bertz CT molecular complexity index is 1160. The molecule has 0 bridgehead atoms. The fourth-order valence-electron chi connectivity index (χ4n) is 4.82. The van der Waals surface area contributed by atoms with Crippen molar-refractivity contribution in [2.45, 2.75) is 50.6 Å². The predicted octanol–water partition coefficient (Wildman–Crippen LogP) is 0.431. The van der Waals surface area contributed by atoms with E-state index in [1.807, 2.05) is 0 Å². The summed E-state index contributed by atoms with van der Waals surface area (Å²) in [5.41, 5.74) is 25.1. The molecule has 2 atom stereocenters. The van der Waals surface area contributed by atoms with Crippen LogP contribution in [-0.2, 0) is 9.59 Å². The smallest absolute Gasteiger partial charge is 0.236 e. The second-order valence-electron chi connectivity index (χ2n) is 10.3. The van der Waals surface area contributed by atoms with E-state index in [-0.39, 0.29) is 47.6 Å². The first-order valence-electron chi connectivity index (χ1n) is 14.6. The Morgan fingerprint density at radius 2 is 1.02 bits per heavy atom. The molecule has 1 aliphatic carbocycles. The van der Waals surface area contributed by atoms with Crippen LogP contribution in [0.4, 0.5) is 11.4 Å². The normalized spacial score (nSPS) is 13.5. The van der Waals surface area contributed by atoms with Gasteiger partial charge in [-0.25, -0.2) is 0 Å². The number of rotatable bonds is 18. The van der Waals surface area contributed by atoms with Gasteiger partial charge in [0.05, 0.1) is 23.2 Å². The van der Waals surface area contributed by atoms with Crippen molar-refractivity contribution in [1.29, 1.82) is 0 Å². The van der Waals surface area contributed by atoms with Crippen LogP contribution in [0.25, 0.3) is 0 Å². The summed E-state index contributed by atoms with van der Waals surface area (Å²) in [5, 5.41) is 12.0. The molecule has 0 saturated carbocycles. The number of hydrogen-bond acceptors (Lipinski definition) is 10. The molecule has 0 unspecified atom stereocenters. The summed E-state index contributed by atoms with van der Waals surface area (Å²) in [7, 11) is 0. The lowest BCUT2D eigenvalue weighted by Gasteiger charge is -2.24. The van der Waals surface area contributed by atoms with Gasteiger partial charge in [-0.3, -0.25) is 19.2 Å². The molecule has 228 valence electrons. The Hall–Kier alpha value is -3.84. The monoisotopic (exact) mass is 580 g/mol. The molecule has 0 heterocycles. The molecule has 0 aromatic heterocycles. The second-order valence-corrected chi connectivity index (χ2v) is 10.3. The van der Waals surface area contributed by atoms with Gasteiger partial charge in [-0.2, -0.15) is 0 Å². The van der Waals surface area contributed by atoms with Gasteiger partial charge in [0.15, 0.2) is 11.6 Å². The summed E-state index contributed by atoms with van der Waals surface area (Å²) in [6.07, 6.45) is 4.30. The molecule has 1 aliphatic rings. The number of amides is 2. The summed E-state index contributed by atoms with van der Waals surface area (Å²) in [4.78, 5) is 51.7. The van der Waals surface area contributed by atoms with Crippen LogP contribution in [0.15, 0.2) is 36.4 Å². The maximum Gasteiger partial charge on any atom is 0.236 e. The number of fused-ring (bicyclic) bond motifs is 2. The lowest BCUT2D eigenvalue weighted by molar-refractivity contribution is -0.123. The highest BCUT2D eigenvalue weighted by Crippen LogP contribution is 2.36. The molecule has 12 nitrogen and oxygen atoms in total. The quantitative estimate of drug-likeness (QED) is 0.0969. The van der Waals surface area contributed by atoms with Gasteiger partial charge in [0.25, 0.3) is 0 Å². The van der Waals surface area contributed by atoms with Crippen molar-refractivity contribution in [1.82, 2.24) is 10.6 Å². The Labute approximate surface area is 246 Å². The van der Waals surface area contributed by atoms with Crippen molar-refractivity contribution in [2.75, 3.05) is 49.9 Å². The molecule has 0 saturated heterocycles. The number of nitrogens with one attached hydrogen (secondary N) is 4. The van der Waals surface area contributed by atoms with Gasteiger partial charge in [0.2, 0.25) is 11.8 Å². The molecule has 12 heteroatoms. The minimum absolute atomic E-state index is 0.251. The van der Waals surface area contributed by atoms with Gasteiger partial charge >= 0.3 is 0 Å². The molecular formula is C30H44N8O4. The number of carbonyl (C=O) groups is 4. The number of ketones is 2. The van der Waals surface area contributed by atoms with Crippen LogP contribution in [0, 0.1) is 0 Å². The molecule has 0 fully saturated rings. The van der Waals surface area contributed by atoms with E-state index in [1.54, 1.807) is 36.4 Å². The number of carbonyl (C=O) groups excluding carboxylic acids is 4. The van der Waals surface area contributed by atoms with Gasteiger partial charge in [-0.05, 0) is 50.9 Å². The maximum atomic E-state index is 13.6. The first-order valence-corrected chi connectivity index (χ1v) is 14.6. The highest BCUT2D eigenvalue weighted by atomic mass is 16.2. The summed E-state index contributed by atoms with van der Waals surface area (Å²) >= 11 is 0.